The Bertz CT molecular complexity index is 376. The average Bonchev–Trinajstić information content (AvgIpc) is 2.28. The Morgan fingerprint density at radius 2 is 2.24 bits per heavy atom. The van der Waals surface area contributed by atoms with Gasteiger partial charge in [0.1, 0.15) is 12.4 Å². The van der Waals surface area contributed by atoms with Crippen molar-refractivity contribution >= 4 is 15.9 Å². The van der Waals surface area contributed by atoms with Crippen molar-refractivity contribution in [3.8, 4) is 5.75 Å². The summed E-state index contributed by atoms with van der Waals surface area (Å²) in [6, 6.07) is 6.09. The standard InChI is InChI=1S/C14H20BrNO/c1-4-7-16-9-12-8-13(15)5-6-14(12)17-10-11(2)3/h5-6,8,16H,2,4,7,9-10H2,1,3H3. The van der Waals surface area contributed by atoms with E-state index in [-0.39, 0.29) is 0 Å². The second-order valence-electron chi connectivity index (χ2n) is 4.17. The number of nitrogens with one attached hydrogen (secondary N) is 1. The largest absolute Gasteiger partial charge is 0.489 e. The van der Waals surface area contributed by atoms with Gasteiger partial charge in [0.25, 0.3) is 0 Å². The summed E-state index contributed by atoms with van der Waals surface area (Å²) < 4.78 is 6.80. The molecular formula is C14H20BrNO. The molecule has 0 atom stereocenters. The highest BCUT2D eigenvalue weighted by atomic mass is 79.9. The molecule has 1 rings (SSSR count). The minimum atomic E-state index is 0.572. The van der Waals surface area contributed by atoms with Crippen molar-refractivity contribution in [3.63, 3.8) is 0 Å². The summed E-state index contributed by atoms with van der Waals surface area (Å²) in [7, 11) is 0. The number of rotatable bonds is 7. The molecule has 0 radical (unpaired) electrons. The SMILES string of the molecule is C=C(C)COc1ccc(Br)cc1CNCCC. The molecule has 0 fully saturated rings. The highest BCUT2D eigenvalue weighted by Crippen LogP contribution is 2.23. The summed E-state index contributed by atoms with van der Waals surface area (Å²) in [6.07, 6.45) is 1.13. The lowest BCUT2D eigenvalue weighted by atomic mass is 10.2. The molecule has 0 spiro atoms. The quantitative estimate of drug-likeness (QED) is 0.609. The zero-order valence-corrected chi connectivity index (χ0v) is 12.1. The van der Waals surface area contributed by atoms with Crippen LogP contribution in [0.1, 0.15) is 25.8 Å². The second kappa shape index (κ2) is 7.51. The fraction of sp³-hybridized carbons (Fsp3) is 0.429. The number of hydrogen-bond acceptors (Lipinski definition) is 2. The van der Waals surface area contributed by atoms with Crippen LogP contribution in [-0.4, -0.2) is 13.2 Å². The lowest BCUT2D eigenvalue weighted by Gasteiger charge is -2.12. The van der Waals surface area contributed by atoms with E-state index in [1.807, 2.05) is 19.1 Å². The number of benzene rings is 1. The average molecular weight is 298 g/mol. The predicted molar refractivity (Wildman–Crippen MR) is 76.4 cm³/mol. The van der Waals surface area contributed by atoms with Gasteiger partial charge in [-0.25, -0.2) is 0 Å². The molecule has 0 saturated carbocycles. The van der Waals surface area contributed by atoms with Crippen LogP contribution in [0.5, 0.6) is 5.75 Å². The third-order valence-electron chi connectivity index (χ3n) is 2.24. The minimum absolute atomic E-state index is 0.572. The molecule has 0 saturated heterocycles. The van der Waals surface area contributed by atoms with Gasteiger partial charge in [-0.3, -0.25) is 0 Å². The summed E-state index contributed by atoms with van der Waals surface area (Å²) in [5.41, 5.74) is 2.20. The van der Waals surface area contributed by atoms with Gasteiger partial charge in [-0.1, -0.05) is 29.4 Å². The molecule has 17 heavy (non-hydrogen) atoms. The van der Waals surface area contributed by atoms with Crippen molar-refractivity contribution in [2.24, 2.45) is 0 Å². The van der Waals surface area contributed by atoms with Gasteiger partial charge in [0, 0.05) is 16.6 Å². The van der Waals surface area contributed by atoms with E-state index in [2.05, 4.69) is 40.8 Å². The molecule has 0 bridgehead atoms. The van der Waals surface area contributed by atoms with Gasteiger partial charge in [0.05, 0.1) is 0 Å². The summed E-state index contributed by atoms with van der Waals surface area (Å²) in [5, 5.41) is 3.38. The molecule has 3 heteroatoms. The molecule has 1 aromatic carbocycles. The first-order valence-corrected chi connectivity index (χ1v) is 6.69. The summed E-state index contributed by atoms with van der Waals surface area (Å²) >= 11 is 3.48. The fourth-order valence-corrected chi connectivity index (χ4v) is 1.84. The molecule has 94 valence electrons. The third kappa shape index (κ3) is 5.37. The summed E-state index contributed by atoms with van der Waals surface area (Å²) in [5.74, 6) is 0.930. The smallest absolute Gasteiger partial charge is 0.124 e. The molecule has 2 nitrogen and oxygen atoms in total. The maximum atomic E-state index is 5.72. The minimum Gasteiger partial charge on any atom is -0.489 e. The van der Waals surface area contributed by atoms with Crippen LogP contribution in [-0.2, 0) is 6.54 Å². The van der Waals surface area contributed by atoms with E-state index in [0.29, 0.717) is 6.61 Å². The fourth-order valence-electron chi connectivity index (χ4n) is 1.43. The van der Waals surface area contributed by atoms with E-state index in [1.165, 1.54) is 5.56 Å². The van der Waals surface area contributed by atoms with Crippen molar-refractivity contribution in [2.75, 3.05) is 13.2 Å². The highest BCUT2D eigenvalue weighted by molar-refractivity contribution is 9.10. The van der Waals surface area contributed by atoms with Crippen LogP contribution < -0.4 is 10.1 Å². The first-order chi connectivity index (χ1) is 8.13. The topological polar surface area (TPSA) is 21.3 Å². The van der Waals surface area contributed by atoms with Crippen LogP contribution in [0.3, 0.4) is 0 Å². The van der Waals surface area contributed by atoms with E-state index in [9.17, 15) is 0 Å². The molecule has 0 aliphatic carbocycles. The Labute approximate surface area is 112 Å². The van der Waals surface area contributed by atoms with Crippen LogP contribution >= 0.6 is 15.9 Å². The molecule has 1 N–H and O–H groups in total. The van der Waals surface area contributed by atoms with Gasteiger partial charge in [0.2, 0.25) is 0 Å². The van der Waals surface area contributed by atoms with Gasteiger partial charge >= 0.3 is 0 Å². The van der Waals surface area contributed by atoms with Gasteiger partial charge in [-0.2, -0.15) is 0 Å². The van der Waals surface area contributed by atoms with Gasteiger partial charge in [-0.15, -0.1) is 0 Å². The predicted octanol–water partition coefficient (Wildman–Crippen LogP) is 3.90. The molecular weight excluding hydrogens is 278 g/mol. The monoisotopic (exact) mass is 297 g/mol. The Hall–Kier alpha value is -0.800. The first-order valence-electron chi connectivity index (χ1n) is 5.89. The zero-order valence-electron chi connectivity index (χ0n) is 10.6. The van der Waals surface area contributed by atoms with Crippen LogP contribution in [0.2, 0.25) is 0 Å². The van der Waals surface area contributed by atoms with Crippen LogP contribution in [0.4, 0.5) is 0 Å². The lowest BCUT2D eigenvalue weighted by molar-refractivity contribution is 0.347. The third-order valence-corrected chi connectivity index (χ3v) is 2.73. The lowest BCUT2D eigenvalue weighted by Crippen LogP contribution is -2.15. The summed E-state index contributed by atoms with van der Waals surface area (Å²) in [6.45, 7) is 10.4. The van der Waals surface area contributed by atoms with Crippen molar-refractivity contribution < 1.29 is 4.74 Å². The van der Waals surface area contributed by atoms with Crippen LogP contribution in [0.25, 0.3) is 0 Å². The van der Waals surface area contributed by atoms with E-state index in [1.54, 1.807) is 0 Å². The van der Waals surface area contributed by atoms with Gasteiger partial charge in [-0.05, 0) is 43.7 Å². The molecule has 1 aromatic rings. The number of halogens is 1. The molecule has 0 amide bonds. The molecule has 0 aromatic heterocycles. The Kier molecular flexibility index (Phi) is 6.30. The van der Waals surface area contributed by atoms with E-state index >= 15 is 0 Å². The molecule has 0 aliphatic heterocycles. The van der Waals surface area contributed by atoms with Crippen molar-refractivity contribution in [2.45, 2.75) is 26.8 Å². The molecule has 0 aliphatic rings. The maximum absolute atomic E-state index is 5.72. The maximum Gasteiger partial charge on any atom is 0.124 e. The Balaban J connectivity index is 2.69. The van der Waals surface area contributed by atoms with Crippen molar-refractivity contribution in [1.29, 1.82) is 0 Å². The Morgan fingerprint density at radius 3 is 2.88 bits per heavy atom. The summed E-state index contributed by atoms with van der Waals surface area (Å²) in [4.78, 5) is 0. The number of hydrogen-bond donors (Lipinski definition) is 1. The van der Waals surface area contributed by atoms with E-state index < -0.39 is 0 Å². The van der Waals surface area contributed by atoms with Gasteiger partial charge in [0.15, 0.2) is 0 Å². The van der Waals surface area contributed by atoms with Crippen molar-refractivity contribution in [3.05, 3.63) is 40.4 Å². The van der Waals surface area contributed by atoms with Gasteiger partial charge < -0.3 is 10.1 Å². The van der Waals surface area contributed by atoms with Crippen LogP contribution in [0, 0.1) is 0 Å². The molecule has 0 unspecified atom stereocenters. The number of ether oxygens (including phenoxy) is 1. The molecule has 0 heterocycles. The normalized spacial score (nSPS) is 10.3. The zero-order chi connectivity index (χ0) is 12.7. The Morgan fingerprint density at radius 1 is 1.47 bits per heavy atom. The first kappa shape index (κ1) is 14.3. The highest BCUT2D eigenvalue weighted by Gasteiger charge is 2.04. The van der Waals surface area contributed by atoms with E-state index in [4.69, 9.17) is 4.74 Å². The van der Waals surface area contributed by atoms with Crippen LogP contribution in [0.15, 0.2) is 34.8 Å². The second-order valence-corrected chi connectivity index (χ2v) is 5.09. The van der Waals surface area contributed by atoms with E-state index in [0.717, 1.165) is 35.3 Å². The van der Waals surface area contributed by atoms with Crippen molar-refractivity contribution in [1.82, 2.24) is 5.32 Å².